The molecule has 0 N–H and O–H groups in total. The number of alkyl halides is 3. The van der Waals surface area contributed by atoms with E-state index in [1.807, 2.05) is 0 Å². The van der Waals surface area contributed by atoms with Crippen LogP contribution in [0.25, 0.3) is 28.3 Å². The van der Waals surface area contributed by atoms with E-state index in [1.54, 1.807) is 36.4 Å². The molecule has 0 unspecified atom stereocenters. The van der Waals surface area contributed by atoms with E-state index in [9.17, 15) is 26.3 Å². The van der Waals surface area contributed by atoms with Gasteiger partial charge in [-0.25, -0.2) is 13.2 Å². The summed E-state index contributed by atoms with van der Waals surface area (Å²) in [4.78, 5) is 0. The first kappa shape index (κ1) is 20.3. The minimum absolute atomic E-state index is 0.0930. The van der Waals surface area contributed by atoms with Crippen LogP contribution in [-0.4, -0.2) is 6.18 Å². The minimum atomic E-state index is -4.89. The zero-order valence-corrected chi connectivity index (χ0v) is 14.7. The molecule has 0 nitrogen and oxygen atoms in total. The molecule has 0 aliphatic rings. The molecule has 0 spiro atoms. The lowest BCUT2D eigenvalue weighted by Crippen LogP contribution is -2.02. The van der Waals surface area contributed by atoms with Crippen LogP contribution < -0.4 is 0 Å². The summed E-state index contributed by atoms with van der Waals surface area (Å²) in [6.45, 7) is 3.65. The van der Waals surface area contributed by atoms with Gasteiger partial charge in [-0.2, -0.15) is 13.2 Å². The molecule has 0 aromatic heterocycles. The molecule has 3 aromatic rings. The topological polar surface area (TPSA) is 0 Å². The number of hydrogen-bond acceptors (Lipinski definition) is 0. The first-order valence-corrected chi connectivity index (χ1v) is 8.29. The number of benzene rings is 3. The molecule has 29 heavy (non-hydrogen) atoms. The highest BCUT2D eigenvalue weighted by Gasteiger charge is 2.23. The standard InChI is InChI=1S/C23H12F6/c1-2-14-3-5-15(6-4-14)16-7-8-18(20(24)11-16)17-12-21(25)19(22(26)13-17)9-10-23(27,28)29/h2-8,11-13H,1H2. The van der Waals surface area contributed by atoms with Gasteiger partial charge in [0, 0.05) is 11.5 Å². The van der Waals surface area contributed by atoms with Crippen molar-refractivity contribution in [3.05, 3.63) is 89.8 Å². The van der Waals surface area contributed by atoms with Gasteiger partial charge in [0.15, 0.2) is 0 Å². The summed E-state index contributed by atoms with van der Waals surface area (Å²) in [5.74, 6) is -1.10. The van der Waals surface area contributed by atoms with E-state index < -0.39 is 29.2 Å². The summed E-state index contributed by atoms with van der Waals surface area (Å²) >= 11 is 0. The van der Waals surface area contributed by atoms with Crippen molar-refractivity contribution in [3.63, 3.8) is 0 Å². The first-order valence-electron chi connectivity index (χ1n) is 8.29. The Morgan fingerprint density at radius 3 is 1.79 bits per heavy atom. The highest BCUT2D eigenvalue weighted by atomic mass is 19.4. The minimum Gasteiger partial charge on any atom is -0.206 e. The lowest BCUT2D eigenvalue weighted by Gasteiger charge is -2.09. The molecular weight excluding hydrogens is 390 g/mol. The maximum Gasteiger partial charge on any atom is 0.458 e. The molecule has 6 heteroatoms. The summed E-state index contributed by atoms with van der Waals surface area (Å²) < 4.78 is 79.2. The van der Waals surface area contributed by atoms with Crippen LogP contribution in [0.15, 0.2) is 61.2 Å². The van der Waals surface area contributed by atoms with Crippen molar-refractivity contribution < 1.29 is 26.3 Å². The fourth-order valence-corrected chi connectivity index (χ4v) is 2.72. The van der Waals surface area contributed by atoms with Gasteiger partial charge >= 0.3 is 6.18 Å². The predicted molar refractivity (Wildman–Crippen MR) is 100 cm³/mol. The van der Waals surface area contributed by atoms with Crippen molar-refractivity contribution in [2.24, 2.45) is 0 Å². The van der Waals surface area contributed by atoms with Gasteiger partial charge in [0.1, 0.15) is 17.5 Å². The molecule has 0 saturated heterocycles. The molecule has 0 aliphatic carbocycles. The molecular formula is C23H12F6. The molecule has 3 aromatic carbocycles. The third kappa shape index (κ3) is 4.69. The Hall–Kier alpha value is -3.46. The molecule has 0 saturated carbocycles. The van der Waals surface area contributed by atoms with E-state index in [1.165, 1.54) is 18.1 Å². The number of rotatable bonds is 3. The highest BCUT2D eigenvalue weighted by Crippen LogP contribution is 2.30. The normalized spacial score (nSPS) is 11.0. The Bertz CT molecular complexity index is 1110. The van der Waals surface area contributed by atoms with Gasteiger partial charge in [0.25, 0.3) is 0 Å². The Kier molecular flexibility index (Phi) is 5.51. The fraction of sp³-hybridized carbons (Fsp3) is 0.0435. The molecule has 0 bridgehead atoms. The number of hydrogen-bond donors (Lipinski definition) is 0. The van der Waals surface area contributed by atoms with Crippen molar-refractivity contribution in [2.75, 3.05) is 0 Å². The van der Waals surface area contributed by atoms with Gasteiger partial charge in [0.05, 0.1) is 5.56 Å². The van der Waals surface area contributed by atoms with Crippen molar-refractivity contribution in [2.45, 2.75) is 6.18 Å². The Balaban J connectivity index is 1.98. The first-order chi connectivity index (χ1) is 13.7. The average Bonchev–Trinajstić information content (AvgIpc) is 2.66. The quantitative estimate of drug-likeness (QED) is 0.327. The third-order valence-electron chi connectivity index (χ3n) is 4.13. The van der Waals surface area contributed by atoms with Crippen LogP contribution in [0.3, 0.4) is 0 Å². The fourth-order valence-electron chi connectivity index (χ4n) is 2.72. The number of halogens is 6. The average molecular weight is 402 g/mol. The highest BCUT2D eigenvalue weighted by molar-refractivity contribution is 5.72. The molecule has 0 radical (unpaired) electrons. The second-order valence-corrected chi connectivity index (χ2v) is 6.08. The lowest BCUT2D eigenvalue weighted by atomic mass is 9.98. The van der Waals surface area contributed by atoms with Gasteiger partial charge < -0.3 is 0 Å². The zero-order valence-electron chi connectivity index (χ0n) is 14.7. The second-order valence-electron chi connectivity index (χ2n) is 6.08. The van der Waals surface area contributed by atoms with E-state index in [4.69, 9.17) is 0 Å². The summed E-state index contributed by atoms with van der Waals surface area (Å²) in [6, 6.07) is 12.8. The molecule has 0 amide bonds. The van der Waals surface area contributed by atoms with Crippen LogP contribution in [0.4, 0.5) is 26.3 Å². The van der Waals surface area contributed by atoms with Crippen LogP contribution in [0.2, 0.25) is 0 Å². The van der Waals surface area contributed by atoms with Crippen LogP contribution >= 0.6 is 0 Å². The monoisotopic (exact) mass is 402 g/mol. The van der Waals surface area contributed by atoms with Gasteiger partial charge in [-0.3, -0.25) is 0 Å². The Morgan fingerprint density at radius 1 is 0.724 bits per heavy atom. The van der Waals surface area contributed by atoms with E-state index in [-0.39, 0.29) is 11.1 Å². The SMILES string of the molecule is C=Cc1ccc(-c2ccc(-c3cc(F)c(C#CC(F)(F)F)c(F)c3)c(F)c2)cc1. The summed E-state index contributed by atoms with van der Waals surface area (Å²) in [6.07, 6.45) is -3.22. The molecule has 0 heterocycles. The largest absolute Gasteiger partial charge is 0.458 e. The molecule has 3 rings (SSSR count). The van der Waals surface area contributed by atoms with E-state index in [0.29, 0.717) is 5.56 Å². The zero-order chi connectivity index (χ0) is 21.2. The van der Waals surface area contributed by atoms with Crippen LogP contribution in [0.1, 0.15) is 11.1 Å². The summed E-state index contributed by atoms with van der Waals surface area (Å²) in [5, 5.41) is 0. The molecule has 0 atom stereocenters. The third-order valence-corrected chi connectivity index (χ3v) is 4.13. The van der Waals surface area contributed by atoms with Crippen LogP contribution in [-0.2, 0) is 0 Å². The smallest absolute Gasteiger partial charge is 0.206 e. The van der Waals surface area contributed by atoms with Gasteiger partial charge in [0.2, 0.25) is 0 Å². The van der Waals surface area contributed by atoms with Crippen molar-refractivity contribution >= 4 is 6.08 Å². The van der Waals surface area contributed by atoms with E-state index in [2.05, 4.69) is 6.58 Å². The van der Waals surface area contributed by atoms with Crippen molar-refractivity contribution in [3.8, 4) is 34.1 Å². The Morgan fingerprint density at radius 2 is 1.28 bits per heavy atom. The van der Waals surface area contributed by atoms with E-state index in [0.717, 1.165) is 29.2 Å². The maximum absolute atomic E-state index is 14.6. The molecule has 0 aliphatic heterocycles. The van der Waals surface area contributed by atoms with Crippen LogP contribution in [0.5, 0.6) is 0 Å². The van der Waals surface area contributed by atoms with Gasteiger partial charge in [-0.05, 0) is 40.5 Å². The van der Waals surface area contributed by atoms with Gasteiger partial charge in [-0.15, -0.1) is 0 Å². The van der Waals surface area contributed by atoms with Crippen molar-refractivity contribution in [1.82, 2.24) is 0 Å². The van der Waals surface area contributed by atoms with Crippen LogP contribution in [0, 0.1) is 29.3 Å². The predicted octanol–water partition coefficient (Wildman–Crippen LogP) is 6.99. The van der Waals surface area contributed by atoms with E-state index >= 15 is 0 Å². The lowest BCUT2D eigenvalue weighted by molar-refractivity contribution is -0.0696. The van der Waals surface area contributed by atoms with Gasteiger partial charge in [-0.1, -0.05) is 55.0 Å². The molecule has 146 valence electrons. The van der Waals surface area contributed by atoms with Crippen molar-refractivity contribution in [1.29, 1.82) is 0 Å². The second kappa shape index (κ2) is 7.88. The summed E-state index contributed by atoms with van der Waals surface area (Å²) in [5.41, 5.74) is 0.913. The summed E-state index contributed by atoms with van der Waals surface area (Å²) in [7, 11) is 0. The maximum atomic E-state index is 14.6. The molecule has 0 fully saturated rings. The Labute approximate surface area is 163 Å².